The molecule has 13 heavy (non-hydrogen) atoms. The zero-order valence-electron chi connectivity index (χ0n) is 9.01. The van der Waals surface area contributed by atoms with Crippen molar-refractivity contribution >= 4 is 5.78 Å². The molecule has 0 unspecified atom stereocenters. The van der Waals surface area contributed by atoms with Crippen LogP contribution in [0.5, 0.6) is 0 Å². The summed E-state index contributed by atoms with van der Waals surface area (Å²) in [6.45, 7) is 3.99. The summed E-state index contributed by atoms with van der Waals surface area (Å²) in [5.41, 5.74) is 0. The highest BCUT2D eigenvalue weighted by Crippen LogP contribution is 2.06. The summed E-state index contributed by atoms with van der Waals surface area (Å²) in [6, 6.07) is 0. The second kappa shape index (κ2) is 9.50. The molecule has 0 bridgehead atoms. The minimum Gasteiger partial charge on any atom is -0.300 e. The monoisotopic (exact) mass is 182 g/mol. The van der Waals surface area contributed by atoms with Gasteiger partial charge in [-0.15, -0.1) is 0 Å². The number of rotatable bonds is 8. The predicted molar refractivity (Wildman–Crippen MR) is 57.8 cm³/mol. The number of unbranched alkanes of at least 4 members (excludes halogenated alkanes) is 4. The van der Waals surface area contributed by atoms with Gasteiger partial charge in [-0.3, -0.25) is 4.79 Å². The van der Waals surface area contributed by atoms with Crippen LogP contribution in [0.4, 0.5) is 0 Å². The van der Waals surface area contributed by atoms with Crippen molar-refractivity contribution in [2.75, 3.05) is 0 Å². The maximum atomic E-state index is 10.9. The first-order chi connectivity index (χ1) is 6.31. The van der Waals surface area contributed by atoms with Gasteiger partial charge >= 0.3 is 0 Å². The molecule has 0 aromatic rings. The van der Waals surface area contributed by atoms with E-state index in [0.29, 0.717) is 12.2 Å². The summed E-state index contributed by atoms with van der Waals surface area (Å²) in [5, 5.41) is 0. The number of Topliss-reactive ketones (excluding diaryl/α,β-unsaturated/α-hetero) is 1. The molecule has 0 rings (SSSR count). The summed E-state index contributed by atoms with van der Waals surface area (Å²) < 4.78 is 0. The van der Waals surface area contributed by atoms with Crippen molar-refractivity contribution in [1.29, 1.82) is 0 Å². The Kier molecular flexibility index (Phi) is 9.07. The first kappa shape index (κ1) is 12.4. The molecule has 0 aromatic heterocycles. The van der Waals surface area contributed by atoms with Crippen molar-refractivity contribution in [3.63, 3.8) is 0 Å². The number of ketones is 1. The van der Waals surface area contributed by atoms with Gasteiger partial charge < -0.3 is 0 Å². The Bertz CT molecular complexity index is 147. The van der Waals surface area contributed by atoms with Gasteiger partial charge in [-0.2, -0.15) is 0 Å². The largest absolute Gasteiger partial charge is 0.300 e. The highest BCUT2D eigenvalue weighted by atomic mass is 16.1. The molecular formula is C12H22O. The van der Waals surface area contributed by atoms with Crippen molar-refractivity contribution in [2.45, 2.75) is 58.8 Å². The van der Waals surface area contributed by atoms with Crippen LogP contribution in [0.2, 0.25) is 0 Å². The van der Waals surface area contributed by atoms with E-state index in [1.54, 1.807) is 0 Å². The minimum absolute atomic E-state index is 0.411. The number of hydrogen-bond donors (Lipinski definition) is 0. The second-order valence-corrected chi connectivity index (χ2v) is 3.41. The van der Waals surface area contributed by atoms with Crippen LogP contribution in [-0.2, 0) is 4.79 Å². The topological polar surface area (TPSA) is 17.1 Å². The van der Waals surface area contributed by atoms with Crippen molar-refractivity contribution in [2.24, 2.45) is 0 Å². The fourth-order valence-electron chi connectivity index (χ4n) is 1.28. The summed E-state index contributed by atoms with van der Waals surface area (Å²) in [4.78, 5) is 10.9. The third kappa shape index (κ3) is 9.32. The summed E-state index contributed by atoms with van der Waals surface area (Å²) in [7, 11) is 0. The Morgan fingerprint density at radius 2 is 1.85 bits per heavy atom. The first-order valence-electron chi connectivity index (χ1n) is 5.44. The molecule has 0 fully saturated rings. The highest BCUT2D eigenvalue weighted by molar-refractivity contribution is 5.77. The number of carbonyl (C=O) groups excluding carboxylic acids is 1. The average molecular weight is 182 g/mol. The van der Waals surface area contributed by atoms with Crippen LogP contribution in [0, 0.1) is 0 Å². The van der Waals surface area contributed by atoms with Gasteiger partial charge in [-0.05, 0) is 26.2 Å². The van der Waals surface area contributed by atoms with E-state index in [1.165, 1.54) is 25.7 Å². The zero-order chi connectivity index (χ0) is 9.94. The maximum absolute atomic E-state index is 10.9. The lowest BCUT2D eigenvalue weighted by molar-refractivity contribution is -0.118. The van der Waals surface area contributed by atoms with Gasteiger partial charge in [0, 0.05) is 12.8 Å². The fraction of sp³-hybridized carbons (Fsp3) is 0.750. The summed E-state index contributed by atoms with van der Waals surface area (Å²) >= 11 is 0. The molecule has 0 aliphatic heterocycles. The number of carbonyl (C=O) groups is 1. The average Bonchev–Trinajstić information content (AvgIpc) is 2.16. The Hall–Kier alpha value is -0.590. The summed E-state index contributed by atoms with van der Waals surface area (Å²) in [6.07, 6.45) is 11.8. The molecule has 0 amide bonds. The molecule has 76 valence electrons. The highest BCUT2D eigenvalue weighted by Gasteiger charge is 1.96. The Morgan fingerprint density at radius 3 is 2.46 bits per heavy atom. The molecule has 0 spiro atoms. The molecule has 0 aromatic carbocycles. The molecule has 0 radical (unpaired) electrons. The second-order valence-electron chi connectivity index (χ2n) is 3.41. The maximum Gasteiger partial charge on any atom is 0.132 e. The molecule has 0 atom stereocenters. The predicted octanol–water partition coefficient (Wildman–Crippen LogP) is 3.88. The van der Waals surface area contributed by atoms with Crippen molar-refractivity contribution in [1.82, 2.24) is 0 Å². The fourth-order valence-corrected chi connectivity index (χ4v) is 1.28. The molecule has 0 N–H and O–H groups in total. The van der Waals surface area contributed by atoms with Gasteiger partial charge in [-0.1, -0.05) is 31.9 Å². The van der Waals surface area contributed by atoms with Crippen molar-refractivity contribution in [3.05, 3.63) is 12.2 Å². The molecule has 0 heterocycles. The Labute approximate surface area is 82.2 Å². The zero-order valence-corrected chi connectivity index (χ0v) is 9.01. The Balaban J connectivity index is 3.03. The van der Waals surface area contributed by atoms with Gasteiger partial charge in [-0.25, -0.2) is 0 Å². The van der Waals surface area contributed by atoms with E-state index in [0.717, 1.165) is 12.8 Å². The van der Waals surface area contributed by atoms with Crippen LogP contribution in [0.1, 0.15) is 58.8 Å². The third-order valence-electron chi connectivity index (χ3n) is 2.21. The van der Waals surface area contributed by atoms with Crippen LogP contribution in [0.3, 0.4) is 0 Å². The molecule has 0 saturated carbocycles. The Morgan fingerprint density at radius 1 is 1.15 bits per heavy atom. The van der Waals surface area contributed by atoms with E-state index in [2.05, 4.69) is 19.1 Å². The lowest BCUT2D eigenvalue weighted by Crippen LogP contribution is -1.93. The van der Waals surface area contributed by atoms with Crippen LogP contribution < -0.4 is 0 Å². The standard InChI is InChI=1S/C12H22O/c1-3-5-6-7-8-9-10-11-12(13)4-2/h3,5H,4,6-11H2,1-2H3. The first-order valence-corrected chi connectivity index (χ1v) is 5.44. The smallest absolute Gasteiger partial charge is 0.132 e. The van der Waals surface area contributed by atoms with E-state index >= 15 is 0 Å². The van der Waals surface area contributed by atoms with E-state index in [4.69, 9.17) is 0 Å². The molecule has 1 nitrogen and oxygen atoms in total. The van der Waals surface area contributed by atoms with Crippen molar-refractivity contribution < 1.29 is 4.79 Å². The molecule has 1 heteroatoms. The lowest BCUT2D eigenvalue weighted by Gasteiger charge is -1.98. The van der Waals surface area contributed by atoms with Gasteiger partial charge in [0.15, 0.2) is 0 Å². The van der Waals surface area contributed by atoms with Crippen LogP contribution in [0.25, 0.3) is 0 Å². The van der Waals surface area contributed by atoms with E-state index < -0.39 is 0 Å². The van der Waals surface area contributed by atoms with Gasteiger partial charge in [0.1, 0.15) is 5.78 Å². The molecule has 0 saturated heterocycles. The number of hydrogen-bond acceptors (Lipinski definition) is 1. The normalized spacial score (nSPS) is 10.9. The van der Waals surface area contributed by atoms with Gasteiger partial charge in [0.25, 0.3) is 0 Å². The van der Waals surface area contributed by atoms with Crippen molar-refractivity contribution in [3.8, 4) is 0 Å². The third-order valence-corrected chi connectivity index (χ3v) is 2.21. The van der Waals surface area contributed by atoms with Gasteiger partial charge in [0.05, 0.1) is 0 Å². The molecule has 0 aliphatic rings. The van der Waals surface area contributed by atoms with Crippen LogP contribution in [-0.4, -0.2) is 5.78 Å². The van der Waals surface area contributed by atoms with Gasteiger partial charge in [0.2, 0.25) is 0 Å². The molecular weight excluding hydrogens is 160 g/mol. The SMILES string of the molecule is CC=CCCCCCCC(=O)CC. The minimum atomic E-state index is 0.411. The van der Waals surface area contributed by atoms with Crippen LogP contribution >= 0.6 is 0 Å². The number of allylic oxidation sites excluding steroid dienone is 2. The quantitative estimate of drug-likeness (QED) is 0.411. The van der Waals surface area contributed by atoms with E-state index in [-0.39, 0.29) is 0 Å². The van der Waals surface area contributed by atoms with E-state index in [1.807, 2.05) is 6.92 Å². The molecule has 0 aliphatic carbocycles. The van der Waals surface area contributed by atoms with Crippen LogP contribution in [0.15, 0.2) is 12.2 Å². The lowest BCUT2D eigenvalue weighted by atomic mass is 10.1. The summed E-state index contributed by atoms with van der Waals surface area (Å²) in [5.74, 6) is 0.411. The van der Waals surface area contributed by atoms with E-state index in [9.17, 15) is 4.79 Å².